The Morgan fingerprint density at radius 2 is 2.04 bits per heavy atom. The molecule has 1 aliphatic rings. The fourth-order valence-corrected chi connectivity index (χ4v) is 3.60. The maximum Gasteiger partial charge on any atom is 0.314 e. The molecule has 24 heavy (non-hydrogen) atoms. The van der Waals surface area contributed by atoms with E-state index in [2.05, 4.69) is 0 Å². The normalized spacial score (nSPS) is 16.8. The van der Waals surface area contributed by atoms with Crippen molar-refractivity contribution < 1.29 is 27.3 Å². The summed E-state index contributed by atoms with van der Waals surface area (Å²) in [6.07, 6.45) is 0.502. The van der Waals surface area contributed by atoms with E-state index in [-0.39, 0.29) is 31.7 Å². The molecule has 1 aromatic rings. The number of sulfonamides is 1. The highest BCUT2D eigenvalue weighted by atomic mass is 32.2. The molecule has 0 spiro atoms. The molecule has 1 heterocycles. The Bertz CT molecular complexity index is 744. The zero-order chi connectivity index (χ0) is 17.9. The minimum absolute atomic E-state index is 0.0163. The molecular formula is C14H17FN2O6S. The monoisotopic (exact) mass is 360 g/mol. The van der Waals surface area contributed by atoms with E-state index in [4.69, 9.17) is 4.74 Å². The minimum atomic E-state index is -3.31. The number of nitrogens with zero attached hydrogens (tertiary/aromatic N) is 2. The summed E-state index contributed by atoms with van der Waals surface area (Å²) in [5.74, 6) is -2.54. The molecule has 0 bridgehead atoms. The quantitative estimate of drug-likeness (QED) is 0.342. The Morgan fingerprint density at radius 3 is 2.58 bits per heavy atom. The molecule has 1 aliphatic heterocycles. The van der Waals surface area contributed by atoms with Crippen LogP contribution in [0.2, 0.25) is 0 Å². The SMILES string of the molecule is CCS(=O)(=O)N1CCC(C(=O)Oc2cc(F)ccc2[N+](=O)[O-])CC1. The molecule has 10 heteroatoms. The maximum atomic E-state index is 13.2. The van der Waals surface area contributed by atoms with Crippen LogP contribution in [0.5, 0.6) is 5.75 Å². The molecule has 2 rings (SSSR count). The van der Waals surface area contributed by atoms with Crippen molar-refractivity contribution in [2.24, 2.45) is 5.92 Å². The molecule has 0 saturated carbocycles. The topological polar surface area (TPSA) is 107 Å². The number of rotatable bonds is 5. The van der Waals surface area contributed by atoms with E-state index in [0.29, 0.717) is 0 Å². The second-order valence-electron chi connectivity index (χ2n) is 5.36. The highest BCUT2D eigenvalue weighted by molar-refractivity contribution is 7.89. The number of hydrogen-bond acceptors (Lipinski definition) is 6. The number of piperidine rings is 1. The average Bonchev–Trinajstić information content (AvgIpc) is 2.54. The molecule has 1 aromatic carbocycles. The second-order valence-corrected chi connectivity index (χ2v) is 7.62. The first-order valence-electron chi connectivity index (χ1n) is 7.38. The molecule has 0 radical (unpaired) electrons. The Kier molecular flexibility index (Phi) is 5.50. The lowest BCUT2D eigenvalue weighted by Gasteiger charge is -2.29. The van der Waals surface area contributed by atoms with E-state index in [0.717, 1.165) is 18.2 Å². The first-order chi connectivity index (χ1) is 11.2. The van der Waals surface area contributed by atoms with Crippen LogP contribution in [0, 0.1) is 21.8 Å². The van der Waals surface area contributed by atoms with Crippen LogP contribution in [0.15, 0.2) is 18.2 Å². The summed E-state index contributed by atoms with van der Waals surface area (Å²) in [4.78, 5) is 22.3. The number of halogens is 1. The predicted octanol–water partition coefficient (Wildman–Crippen LogP) is 1.70. The van der Waals surface area contributed by atoms with Crippen molar-refractivity contribution in [3.8, 4) is 5.75 Å². The van der Waals surface area contributed by atoms with E-state index >= 15 is 0 Å². The van der Waals surface area contributed by atoms with Crippen LogP contribution in [0.4, 0.5) is 10.1 Å². The zero-order valence-electron chi connectivity index (χ0n) is 13.0. The highest BCUT2D eigenvalue weighted by Gasteiger charge is 2.32. The molecule has 0 unspecified atom stereocenters. The van der Waals surface area contributed by atoms with Crippen LogP contribution in [-0.2, 0) is 14.8 Å². The lowest BCUT2D eigenvalue weighted by Crippen LogP contribution is -2.41. The zero-order valence-corrected chi connectivity index (χ0v) is 13.8. The molecule has 0 amide bonds. The lowest BCUT2D eigenvalue weighted by molar-refractivity contribution is -0.385. The fourth-order valence-electron chi connectivity index (χ4n) is 2.46. The summed E-state index contributed by atoms with van der Waals surface area (Å²) in [6.45, 7) is 1.90. The maximum absolute atomic E-state index is 13.2. The molecule has 0 aromatic heterocycles. The van der Waals surface area contributed by atoms with Gasteiger partial charge in [-0.2, -0.15) is 0 Å². The summed E-state index contributed by atoms with van der Waals surface area (Å²) >= 11 is 0. The van der Waals surface area contributed by atoms with Gasteiger partial charge in [0.1, 0.15) is 5.82 Å². The number of benzene rings is 1. The van der Waals surface area contributed by atoms with Crippen LogP contribution in [0.1, 0.15) is 19.8 Å². The van der Waals surface area contributed by atoms with E-state index in [1.165, 1.54) is 4.31 Å². The van der Waals surface area contributed by atoms with Gasteiger partial charge in [-0.15, -0.1) is 0 Å². The van der Waals surface area contributed by atoms with Gasteiger partial charge in [0.25, 0.3) is 0 Å². The number of carbonyl (C=O) groups excluding carboxylic acids is 1. The molecule has 8 nitrogen and oxygen atoms in total. The van der Waals surface area contributed by atoms with Gasteiger partial charge >= 0.3 is 11.7 Å². The van der Waals surface area contributed by atoms with Gasteiger partial charge in [0.2, 0.25) is 15.8 Å². The predicted molar refractivity (Wildman–Crippen MR) is 82.4 cm³/mol. The number of nitro benzene ring substituents is 1. The Morgan fingerprint density at radius 1 is 1.42 bits per heavy atom. The summed E-state index contributed by atoms with van der Waals surface area (Å²) in [6, 6.07) is 2.62. The summed E-state index contributed by atoms with van der Waals surface area (Å²) in [5.41, 5.74) is -0.504. The van der Waals surface area contributed by atoms with E-state index < -0.39 is 44.1 Å². The number of hydrogen-bond donors (Lipinski definition) is 0. The molecule has 1 saturated heterocycles. The van der Waals surface area contributed by atoms with E-state index in [1.807, 2.05) is 0 Å². The Labute approximate surface area is 138 Å². The van der Waals surface area contributed by atoms with Crippen molar-refractivity contribution >= 4 is 21.7 Å². The highest BCUT2D eigenvalue weighted by Crippen LogP contribution is 2.29. The van der Waals surface area contributed by atoms with Crippen LogP contribution in [0.3, 0.4) is 0 Å². The summed E-state index contributed by atoms with van der Waals surface area (Å²) < 4.78 is 43.1. The molecule has 0 atom stereocenters. The van der Waals surface area contributed by atoms with Crippen molar-refractivity contribution in [2.45, 2.75) is 19.8 Å². The molecular weight excluding hydrogens is 343 g/mol. The summed E-state index contributed by atoms with van der Waals surface area (Å²) in [5, 5.41) is 10.9. The van der Waals surface area contributed by atoms with Crippen LogP contribution in [0.25, 0.3) is 0 Å². The van der Waals surface area contributed by atoms with Gasteiger partial charge in [-0.3, -0.25) is 14.9 Å². The van der Waals surface area contributed by atoms with Crippen LogP contribution in [-0.4, -0.2) is 42.5 Å². The number of ether oxygens (including phenoxy) is 1. The first-order valence-corrected chi connectivity index (χ1v) is 8.99. The lowest BCUT2D eigenvalue weighted by atomic mass is 9.98. The smallest absolute Gasteiger partial charge is 0.314 e. The standard InChI is InChI=1S/C14H17FN2O6S/c1-2-24(21,22)16-7-5-10(6-8-16)14(18)23-13-9-11(15)3-4-12(13)17(19)20/h3-4,9-10H,2,5-8H2,1H3. The average molecular weight is 360 g/mol. The Hall–Kier alpha value is -2.07. The van der Waals surface area contributed by atoms with Crippen molar-refractivity contribution in [1.82, 2.24) is 4.31 Å². The molecule has 0 N–H and O–H groups in total. The van der Waals surface area contributed by atoms with Crippen LogP contribution >= 0.6 is 0 Å². The van der Waals surface area contributed by atoms with Crippen molar-refractivity contribution in [2.75, 3.05) is 18.8 Å². The number of carbonyl (C=O) groups is 1. The first kappa shape index (κ1) is 18.3. The van der Waals surface area contributed by atoms with E-state index in [1.54, 1.807) is 6.92 Å². The largest absolute Gasteiger partial charge is 0.419 e. The third kappa shape index (κ3) is 4.06. The third-order valence-electron chi connectivity index (χ3n) is 3.87. The van der Waals surface area contributed by atoms with Gasteiger partial charge in [-0.1, -0.05) is 0 Å². The fraction of sp³-hybridized carbons (Fsp3) is 0.500. The van der Waals surface area contributed by atoms with Crippen molar-refractivity contribution in [1.29, 1.82) is 0 Å². The number of nitro groups is 1. The van der Waals surface area contributed by atoms with Crippen LogP contribution < -0.4 is 4.74 Å². The molecule has 1 fully saturated rings. The van der Waals surface area contributed by atoms with E-state index in [9.17, 15) is 27.7 Å². The van der Waals surface area contributed by atoms with Crippen molar-refractivity contribution in [3.05, 3.63) is 34.1 Å². The van der Waals surface area contributed by atoms with Crippen molar-refractivity contribution in [3.63, 3.8) is 0 Å². The van der Waals surface area contributed by atoms with Gasteiger partial charge in [-0.25, -0.2) is 17.1 Å². The van der Waals surface area contributed by atoms with Gasteiger partial charge in [0.05, 0.1) is 16.6 Å². The second kappa shape index (κ2) is 7.22. The van der Waals surface area contributed by atoms with Gasteiger partial charge in [-0.05, 0) is 25.8 Å². The summed E-state index contributed by atoms with van der Waals surface area (Å²) in [7, 11) is -3.31. The molecule has 0 aliphatic carbocycles. The third-order valence-corrected chi connectivity index (χ3v) is 5.76. The Balaban J connectivity index is 2.05. The minimum Gasteiger partial charge on any atom is -0.419 e. The molecule has 132 valence electrons. The van der Waals surface area contributed by atoms with Gasteiger partial charge in [0.15, 0.2) is 0 Å². The van der Waals surface area contributed by atoms with Gasteiger partial charge < -0.3 is 4.74 Å². The van der Waals surface area contributed by atoms with Gasteiger partial charge in [0, 0.05) is 25.2 Å². The number of esters is 1.